The summed E-state index contributed by atoms with van der Waals surface area (Å²) >= 11 is 0. The molecule has 0 aliphatic heterocycles. The molecule has 1 aromatic heterocycles. The highest BCUT2D eigenvalue weighted by Gasteiger charge is 2.07. The number of benzene rings is 1. The van der Waals surface area contributed by atoms with E-state index in [1.165, 1.54) is 0 Å². The molecule has 5 nitrogen and oxygen atoms in total. The highest BCUT2D eigenvalue weighted by atomic mass is 15.1. The van der Waals surface area contributed by atoms with Crippen LogP contribution in [-0.4, -0.2) is 41.0 Å². The monoisotopic (exact) mass is 273 g/mol. The van der Waals surface area contributed by atoms with Crippen LogP contribution in [0.4, 0.5) is 11.5 Å². The van der Waals surface area contributed by atoms with Gasteiger partial charge in [-0.1, -0.05) is 6.92 Å². The van der Waals surface area contributed by atoms with Crippen molar-refractivity contribution in [3.63, 3.8) is 0 Å². The van der Waals surface area contributed by atoms with Gasteiger partial charge in [0.05, 0.1) is 5.52 Å². The molecule has 2 aromatic rings. The van der Waals surface area contributed by atoms with Crippen molar-refractivity contribution in [3.05, 3.63) is 24.5 Å². The Morgan fingerprint density at radius 3 is 2.90 bits per heavy atom. The molecule has 0 saturated heterocycles. The Morgan fingerprint density at radius 2 is 2.15 bits per heavy atom. The van der Waals surface area contributed by atoms with Gasteiger partial charge >= 0.3 is 0 Å². The van der Waals surface area contributed by atoms with Crippen LogP contribution in [0.2, 0.25) is 0 Å². The van der Waals surface area contributed by atoms with Gasteiger partial charge in [0, 0.05) is 30.2 Å². The van der Waals surface area contributed by atoms with E-state index >= 15 is 0 Å². The van der Waals surface area contributed by atoms with Gasteiger partial charge in [0.1, 0.15) is 12.1 Å². The zero-order valence-corrected chi connectivity index (χ0v) is 12.4. The second-order valence-electron chi connectivity index (χ2n) is 5.16. The van der Waals surface area contributed by atoms with Gasteiger partial charge in [0.15, 0.2) is 0 Å². The van der Waals surface area contributed by atoms with E-state index in [2.05, 4.69) is 41.1 Å². The van der Waals surface area contributed by atoms with Crippen LogP contribution in [0.15, 0.2) is 24.5 Å². The molecule has 0 radical (unpaired) electrons. The predicted molar refractivity (Wildman–Crippen MR) is 84.8 cm³/mol. The first kappa shape index (κ1) is 14.5. The van der Waals surface area contributed by atoms with Gasteiger partial charge in [-0.05, 0) is 38.6 Å². The summed E-state index contributed by atoms with van der Waals surface area (Å²) in [5, 5.41) is 4.39. The number of nitrogens with one attached hydrogen (secondary N) is 1. The first-order valence-electron chi connectivity index (χ1n) is 7.06. The third-order valence-electron chi connectivity index (χ3n) is 3.76. The zero-order chi connectivity index (χ0) is 14.5. The van der Waals surface area contributed by atoms with Gasteiger partial charge in [-0.3, -0.25) is 0 Å². The van der Waals surface area contributed by atoms with Crippen molar-refractivity contribution in [2.75, 3.05) is 31.2 Å². The van der Waals surface area contributed by atoms with Crippen LogP contribution in [0, 0.1) is 0 Å². The molecular formula is C15H23N5. The standard InChI is InChI=1S/C15H23N5/c1-4-11(2)20(3)8-7-17-15-13-6-5-12(16)9-14(13)18-10-19-15/h5-6,9-11H,4,7-8,16H2,1-3H3,(H,17,18,19). The topological polar surface area (TPSA) is 67.1 Å². The molecule has 1 atom stereocenters. The fraction of sp³-hybridized carbons (Fsp3) is 0.467. The Morgan fingerprint density at radius 1 is 1.35 bits per heavy atom. The molecule has 2 rings (SSSR count). The van der Waals surface area contributed by atoms with Crippen molar-refractivity contribution >= 4 is 22.4 Å². The first-order chi connectivity index (χ1) is 9.61. The molecule has 1 aromatic carbocycles. The zero-order valence-electron chi connectivity index (χ0n) is 12.4. The van der Waals surface area contributed by atoms with Crippen LogP contribution < -0.4 is 11.1 Å². The van der Waals surface area contributed by atoms with Crippen LogP contribution >= 0.6 is 0 Å². The Balaban J connectivity index is 2.03. The normalized spacial score (nSPS) is 12.8. The smallest absolute Gasteiger partial charge is 0.137 e. The lowest BCUT2D eigenvalue weighted by molar-refractivity contribution is 0.261. The maximum absolute atomic E-state index is 5.77. The Bertz CT molecular complexity index is 569. The predicted octanol–water partition coefficient (Wildman–Crippen LogP) is 2.35. The summed E-state index contributed by atoms with van der Waals surface area (Å²) < 4.78 is 0. The van der Waals surface area contributed by atoms with Crippen LogP contribution in [-0.2, 0) is 0 Å². The largest absolute Gasteiger partial charge is 0.399 e. The molecule has 20 heavy (non-hydrogen) atoms. The lowest BCUT2D eigenvalue weighted by Crippen LogP contribution is -2.32. The molecule has 0 fully saturated rings. The van der Waals surface area contributed by atoms with Crippen LogP contribution in [0.25, 0.3) is 10.9 Å². The van der Waals surface area contributed by atoms with Crippen molar-refractivity contribution in [2.24, 2.45) is 0 Å². The van der Waals surface area contributed by atoms with Crippen LogP contribution in [0.3, 0.4) is 0 Å². The number of fused-ring (bicyclic) bond motifs is 1. The quantitative estimate of drug-likeness (QED) is 0.791. The first-order valence-corrected chi connectivity index (χ1v) is 7.06. The number of aromatic nitrogens is 2. The fourth-order valence-corrected chi connectivity index (χ4v) is 2.10. The van der Waals surface area contributed by atoms with Gasteiger partial charge in [-0.25, -0.2) is 9.97 Å². The average Bonchev–Trinajstić information content (AvgIpc) is 2.46. The maximum atomic E-state index is 5.77. The third-order valence-corrected chi connectivity index (χ3v) is 3.76. The van der Waals surface area contributed by atoms with E-state index in [0.29, 0.717) is 6.04 Å². The summed E-state index contributed by atoms with van der Waals surface area (Å²) in [5.74, 6) is 0.868. The lowest BCUT2D eigenvalue weighted by Gasteiger charge is -2.23. The van der Waals surface area contributed by atoms with E-state index in [0.717, 1.165) is 41.9 Å². The van der Waals surface area contributed by atoms with Gasteiger partial charge in [-0.15, -0.1) is 0 Å². The molecule has 0 saturated carbocycles. The number of hydrogen-bond acceptors (Lipinski definition) is 5. The van der Waals surface area contributed by atoms with Crippen molar-refractivity contribution in [1.29, 1.82) is 0 Å². The molecule has 108 valence electrons. The average molecular weight is 273 g/mol. The van der Waals surface area contributed by atoms with E-state index in [9.17, 15) is 0 Å². The fourth-order valence-electron chi connectivity index (χ4n) is 2.10. The Kier molecular flexibility index (Phi) is 4.74. The van der Waals surface area contributed by atoms with Crippen molar-refractivity contribution < 1.29 is 0 Å². The molecule has 5 heteroatoms. The number of nitrogens with two attached hydrogens (primary N) is 1. The second-order valence-corrected chi connectivity index (χ2v) is 5.16. The summed E-state index contributed by atoms with van der Waals surface area (Å²) in [6, 6.07) is 6.31. The van der Waals surface area contributed by atoms with Crippen molar-refractivity contribution in [1.82, 2.24) is 14.9 Å². The summed E-state index contributed by atoms with van der Waals surface area (Å²) in [5.41, 5.74) is 7.37. The Labute approximate surface area is 120 Å². The van der Waals surface area contributed by atoms with Gasteiger partial charge in [-0.2, -0.15) is 0 Å². The van der Waals surface area contributed by atoms with E-state index in [-0.39, 0.29) is 0 Å². The second kappa shape index (κ2) is 6.52. The van der Waals surface area contributed by atoms with E-state index < -0.39 is 0 Å². The molecule has 0 amide bonds. The summed E-state index contributed by atoms with van der Waals surface area (Å²) in [6.07, 6.45) is 2.73. The molecular weight excluding hydrogens is 250 g/mol. The number of anilines is 2. The lowest BCUT2D eigenvalue weighted by atomic mass is 10.2. The van der Waals surface area contributed by atoms with E-state index in [1.807, 2.05) is 18.2 Å². The highest BCUT2D eigenvalue weighted by Crippen LogP contribution is 2.20. The van der Waals surface area contributed by atoms with E-state index in [1.54, 1.807) is 6.33 Å². The third kappa shape index (κ3) is 3.36. The number of nitrogens with zero attached hydrogens (tertiary/aromatic N) is 3. The number of hydrogen-bond donors (Lipinski definition) is 2. The van der Waals surface area contributed by atoms with Gasteiger partial charge in [0.2, 0.25) is 0 Å². The van der Waals surface area contributed by atoms with Crippen molar-refractivity contribution in [3.8, 4) is 0 Å². The summed E-state index contributed by atoms with van der Waals surface area (Å²) in [6.45, 7) is 6.28. The molecule has 1 heterocycles. The molecule has 1 unspecified atom stereocenters. The number of rotatable bonds is 6. The summed E-state index contributed by atoms with van der Waals surface area (Å²) in [7, 11) is 2.15. The molecule has 0 spiro atoms. The minimum atomic E-state index is 0.596. The Hall–Kier alpha value is -1.88. The SMILES string of the molecule is CCC(C)N(C)CCNc1ncnc2cc(N)ccc12. The van der Waals surface area contributed by atoms with E-state index in [4.69, 9.17) is 5.73 Å². The van der Waals surface area contributed by atoms with Crippen molar-refractivity contribution in [2.45, 2.75) is 26.3 Å². The van der Waals surface area contributed by atoms with Gasteiger partial charge in [0.25, 0.3) is 0 Å². The highest BCUT2D eigenvalue weighted by molar-refractivity contribution is 5.90. The number of likely N-dealkylation sites (N-methyl/N-ethyl adjacent to an activating group) is 1. The van der Waals surface area contributed by atoms with Crippen LogP contribution in [0.5, 0.6) is 0 Å². The number of nitrogen functional groups attached to an aromatic ring is 1. The minimum absolute atomic E-state index is 0.596. The summed E-state index contributed by atoms with van der Waals surface area (Å²) in [4.78, 5) is 10.9. The minimum Gasteiger partial charge on any atom is -0.399 e. The van der Waals surface area contributed by atoms with Gasteiger partial charge < -0.3 is 16.0 Å². The van der Waals surface area contributed by atoms with Crippen LogP contribution in [0.1, 0.15) is 20.3 Å². The molecule has 3 N–H and O–H groups in total. The molecule has 0 aliphatic carbocycles. The molecule has 0 bridgehead atoms. The molecule has 0 aliphatic rings. The maximum Gasteiger partial charge on any atom is 0.137 e.